The molecule has 1 aliphatic heterocycles. The number of hydrogen-bond acceptors (Lipinski definition) is 3. The number of benzene rings is 1. The Morgan fingerprint density at radius 2 is 1.59 bits per heavy atom. The molecule has 1 saturated heterocycles. The number of guanidine groups is 1. The van der Waals surface area contributed by atoms with Crippen molar-refractivity contribution in [1.82, 2.24) is 20.4 Å². The lowest BCUT2D eigenvalue weighted by Crippen LogP contribution is -2.45. The van der Waals surface area contributed by atoms with Gasteiger partial charge < -0.3 is 15.5 Å². The van der Waals surface area contributed by atoms with Gasteiger partial charge in [-0.3, -0.25) is 9.89 Å². The van der Waals surface area contributed by atoms with Gasteiger partial charge >= 0.3 is 0 Å². The first-order valence-electron chi connectivity index (χ1n) is 10.3. The van der Waals surface area contributed by atoms with Crippen molar-refractivity contribution in [2.24, 2.45) is 4.99 Å². The van der Waals surface area contributed by atoms with E-state index >= 15 is 0 Å². The van der Waals surface area contributed by atoms with Crippen molar-refractivity contribution >= 4 is 29.9 Å². The first-order valence-corrected chi connectivity index (χ1v) is 10.3. The molecule has 1 heterocycles. The van der Waals surface area contributed by atoms with Crippen LogP contribution in [0.4, 0.5) is 0 Å². The molecule has 6 heteroatoms. The normalized spacial score (nSPS) is 19.7. The van der Waals surface area contributed by atoms with E-state index in [0.29, 0.717) is 6.04 Å². The fourth-order valence-electron chi connectivity index (χ4n) is 3.93. The van der Waals surface area contributed by atoms with Gasteiger partial charge in [0.2, 0.25) is 0 Å². The van der Waals surface area contributed by atoms with Crippen LogP contribution >= 0.6 is 24.0 Å². The van der Waals surface area contributed by atoms with Crippen LogP contribution in [0.25, 0.3) is 0 Å². The molecule has 1 aliphatic carbocycles. The van der Waals surface area contributed by atoms with E-state index in [9.17, 15) is 0 Å². The van der Waals surface area contributed by atoms with E-state index in [1.807, 2.05) is 7.05 Å². The van der Waals surface area contributed by atoms with Gasteiger partial charge in [-0.1, -0.05) is 44.0 Å². The summed E-state index contributed by atoms with van der Waals surface area (Å²) in [7, 11) is 1.85. The van der Waals surface area contributed by atoms with Crippen LogP contribution in [0.2, 0.25) is 0 Å². The lowest BCUT2D eigenvalue weighted by Gasteiger charge is -2.34. The number of nitrogens with zero attached hydrogens (tertiary/aromatic N) is 3. The minimum Gasteiger partial charge on any atom is -0.354 e. The third-order valence-electron chi connectivity index (χ3n) is 5.72. The summed E-state index contributed by atoms with van der Waals surface area (Å²) in [4.78, 5) is 9.45. The molecule has 2 aliphatic rings. The number of rotatable bonds is 6. The van der Waals surface area contributed by atoms with Crippen LogP contribution < -0.4 is 10.6 Å². The Bertz CT molecular complexity index is 560. The highest BCUT2D eigenvalue weighted by atomic mass is 127. The van der Waals surface area contributed by atoms with Crippen molar-refractivity contribution in [2.45, 2.75) is 51.7 Å². The standard InChI is InChI=1S/C21H35N5.HI/c1-3-25-12-14-26(15-13-25)17-19-10-8-18(9-11-19)16-23-21(22-2)24-20-6-4-5-7-20;/h8-11,20H,3-7,12-17H2,1-2H3,(H2,22,23,24);1H. The summed E-state index contributed by atoms with van der Waals surface area (Å²) in [5.74, 6) is 0.926. The molecule has 0 aromatic heterocycles. The average Bonchev–Trinajstić information content (AvgIpc) is 3.20. The molecule has 2 N–H and O–H groups in total. The molecular weight excluding hydrogens is 449 g/mol. The van der Waals surface area contributed by atoms with Crippen molar-refractivity contribution in [3.63, 3.8) is 0 Å². The Kier molecular flexibility index (Phi) is 9.86. The summed E-state index contributed by atoms with van der Waals surface area (Å²) in [5, 5.41) is 6.99. The highest BCUT2D eigenvalue weighted by Gasteiger charge is 2.16. The lowest BCUT2D eigenvalue weighted by atomic mass is 10.1. The fourth-order valence-corrected chi connectivity index (χ4v) is 3.93. The molecule has 27 heavy (non-hydrogen) atoms. The molecule has 0 atom stereocenters. The van der Waals surface area contributed by atoms with E-state index in [1.54, 1.807) is 0 Å². The van der Waals surface area contributed by atoms with Gasteiger partial charge in [0, 0.05) is 52.4 Å². The van der Waals surface area contributed by atoms with E-state index in [4.69, 9.17) is 0 Å². The SMILES string of the molecule is CCN1CCN(Cc2ccc(CNC(=NC)NC3CCCC3)cc2)CC1.I. The van der Waals surface area contributed by atoms with Crippen LogP contribution in [0.1, 0.15) is 43.7 Å². The predicted octanol–water partition coefficient (Wildman–Crippen LogP) is 3.05. The van der Waals surface area contributed by atoms with E-state index in [-0.39, 0.29) is 24.0 Å². The fraction of sp³-hybridized carbons (Fsp3) is 0.667. The van der Waals surface area contributed by atoms with Crippen LogP contribution in [0.5, 0.6) is 0 Å². The van der Waals surface area contributed by atoms with E-state index in [0.717, 1.165) is 19.0 Å². The maximum absolute atomic E-state index is 4.36. The number of aliphatic imine (C=N–C) groups is 1. The zero-order valence-corrected chi connectivity index (χ0v) is 19.2. The molecular formula is C21H36IN5. The maximum atomic E-state index is 4.36. The number of nitrogens with one attached hydrogen (secondary N) is 2. The van der Waals surface area contributed by atoms with E-state index < -0.39 is 0 Å². The second kappa shape index (κ2) is 11.9. The molecule has 0 unspecified atom stereocenters. The van der Waals surface area contributed by atoms with Crippen LogP contribution in [0, 0.1) is 0 Å². The first kappa shape index (κ1) is 22.4. The largest absolute Gasteiger partial charge is 0.354 e. The molecule has 1 aromatic carbocycles. The molecule has 152 valence electrons. The molecule has 3 rings (SSSR count). The summed E-state index contributed by atoms with van der Waals surface area (Å²) in [6, 6.07) is 9.63. The zero-order valence-electron chi connectivity index (χ0n) is 16.9. The van der Waals surface area contributed by atoms with Gasteiger partial charge in [0.15, 0.2) is 5.96 Å². The quantitative estimate of drug-likeness (QED) is 0.370. The topological polar surface area (TPSA) is 42.9 Å². The van der Waals surface area contributed by atoms with Crippen molar-refractivity contribution in [3.05, 3.63) is 35.4 Å². The Balaban J connectivity index is 0.00000261. The Hall–Kier alpha value is -0.860. The molecule has 0 bridgehead atoms. The second-order valence-corrected chi connectivity index (χ2v) is 7.58. The van der Waals surface area contributed by atoms with Crippen LogP contribution in [0.3, 0.4) is 0 Å². The van der Waals surface area contributed by atoms with Crippen molar-refractivity contribution in [3.8, 4) is 0 Å². The number of hydrogen-bond donors (Lipinski definition) is 2. The van der Waals surface area contributed by atoms with E-state index in [2.05, 4.69) is 56.6 Å². The zero-order chi connectivity index (χ0) is 18.2. The first-order chi connectivity index (χ1) is 12.8. The van der Waals surface area contributed by atoms with Crippen molar-refractivity contribution in [1.29, 1.82) is 0 Å². The van der Waals surface area contributed by atoms with Crippen molar-refractivity contribution < 1.29 is 0 Å². The molecule has 2 fully saturated rings. The molecule has 0 radical (unpaired) electrons. The van der Waals surface area contributed by atoms with Gasteiger partial charge in [-0.05, 0) is 30.5 Å². The molecule has 0 amide bonds. The minimum absolute atomic E-state index is 0. The number of likely N-dealkylation sites (N-methyl/N-ethyl adjacent to an activating group) is 1. The highest BCUT2D eigenvalue weighted by Crippen LogP contribution is 2.17. The van der Waals surface area contributed by atoms with Gasteiger partial charge in [0.1, 0.15) is 0 Å². The molecule has 1 aromatic rings. The number of piperazine rings is 1. The van der Waals surface area contributed by atoms with Crippen LogP contribution in [-0.4, -0.2) is 61.6 Å². The van der Waals surface area contributed by atoms with Crippen molar-refractivity contribution in [2.75, 3.05) is 39.8 Å². The summed E-state index contributed by atoms with van der Waals surface area (Å²) >= 11 is 0. The third kappa shape index (κ3) is 7.23. The maximum Gasteiger partial charge on any atom is 0.191 e. The summed E-state index contributed by atoms with van der Waals surface area (Å²) in [6.45, 7) is 10.1. The van der Waals surface area contributed by atoms with Crippen LogP contribution in [0.15, 0.2) is 29.3 Å². The van der Waals surface area contributed by atoms with Crippen LogP contribution in [-0.2, 0) is 13.1 Å². The Morgan fingerprint density at radius 1 is 1.00 bits per heavy atom. The minimum atomic E-state index is 0. The van der Waals surface area contributed by atoms with Gasteiger partial charge in [0.25, 0.3) is 0 Å². The summed E-state index contributed by atoms with van der Waals surface area (Å²) in [5.41, 5.74) is 2.71. The monoisotopic (exact) mass is 485 g/mol. The third-order valence-corrected chi connectivity index (χ3v) is 5.72. The average molecular weight is 485 g/mol. The summed E-state index contributed by atoms with van der Waals surface area (Å²) < 4.78 is 0. The van der Waals surface area contributed by atoms with Gasteiger partial charge in [-0.25, -0.2) is 0 Å². The predicted molar refractivity (Wildman–Crippen MR) is 125 cm³/mol. The van der Waals surface area contributed by atoms with Gasteiger partial charge in [-0.2, -0.15) is 0 Å². The Morgan fingerprint density at radius 3 is 2.19 bits per heavy atom. The second-order valence-electron chi connectivity index (χ2n) is 7.58. The smallest absolute Gasteiger partial charge is 0.191 e. The summed E-state index contributed by atoms with van der Waals surface area (Å²) in [6.07, 6.45) is 5.21. The lowest BCUT2D eigenvalue weighted by molar-refractivity contribution is 0.132. The van der Waals surface area contributed by atoms with E-state index in [1.165, 1.54) is 69.5 Å². The number of halogens is 1. The molecule has 5 nitrogen and oxygen atoms in total. The van der Waals surface area contributed by atoms with Gasteiger partial charge in [0.05, 0.1) is 0 Å². The Labute approximate surface area is 182 Å². The highest BCUT2D eigenvalue weighted by molar-refractivity contribution is 14.0. The van der Waals surface area contributed by atoms with Gasteiger partial charge in [-0.15, -0.1) is 24.0 Å². The molecule has 1 saturated carbocycles. The molecule has 0 spiro atoms.